The number of nitrogens with one attached hydrogen (secondary N) is 2. The number of H-pyrrole nitrogens is 1. The van der Waals surface area contributed by atoms with Gasteiger partial charge in [-0.25, -0.2) is 4.39 Å². The fourth-order valence-electron chi connectivity index (χ4n) is 2.68. The number of aryl methyl sites for hydroxylation is 1. The summed E-state index contributed by atoms with van der Waals surface area (Å²) in [6.07, 6.45) is 1.54. The van der Waals surface area contributed by atoms with Gasteiger partial charge in [0.2, 0.25) is 0 Å². The second-order valence-corrected chi connectivity index (χ2v) is 5.18. The van der Waals surface area contributed by atoms with Gasteiger partial charge >= 0.3 is 0 Å². The quantitative estimate of drug-likeness (QED) is 0.883. The standard InChI is InChI=1S/C15H17FN4O/c1-10-13(8-18-19-10)15(21)20-6-5-17-9-14(20)11-3-2-4-12(16)7-11/h2-4,7-8,14,17H,5-6,9H2,1H3,(H,18,19). The molecule has 1 amide bonds. The minimum atomic E-state index is -0.287. The Morgan fingerprint density at radius 2 is 2.33 bits per heavy atom. The summed E-state index contributed by atoms with van der Waals surface area (Å²) < 4.78 is 13.4. The molecule has 0 bridgehead atoms. The average Bonchev–Trinajstić information content (AvgIpc) is 2.93. The van der Waals surface area contributed by atoms with Crippen LogP contribution in [0.15, 0.2) is 30.5 Å². The molecule has 21 heavy (non-hydrogen) atoms. The Morgan fingerprint density at radius 3 is 3.05 bits per heavy atom. The zero-order valence-corrected chi connectivity index (χ0v) is 11.8. The van der Waals surface area contributed by atoms with Crippen LogP contribution in [0, 0.1) is 12.7 Å². The molecular weight excluding hydrogens is 271 g/mol. The van der Waals surface area contributed by atoms with Crippen LogP contribution in [0.5, 0.6) is 0 Å². The molecule has 1 aromatic carbocycles. The summed E-state index contributed by atoms with van der Waals surface area (Å²) in [7, 11) is 0. The Labute approximate surface area is 122 Å². The summed E-state index contributed by atoms with van der Waals surface area (Å²) in [6.45, 7) is 3.75. The van der Waals surface area contributed by atoms with E-state index < -0.39 is 0 Å². The molecular formula is C15H17FN4O. The first-order valence-corrected chi connectivity index (χ1v) is 6.94. The van der Waals surface area contributed by atoms with Crippen molar-refractivity contribution in [2.75, 3.05) is 19.6 Å². The largest absolute Gasteiger partial charge is 0.329 e. The van der Waals surface area contributed by atoms with Crippen molar-refractivity contribution in [2.24, 2.45) is 0 Å². The molecule has 1 aliphatic rings. The van der Waals surface area contributed by atoms with E-state index in [1.165, 1.54) is 12.1 Å². The van der Waals surface area contributed by atoms with Crippen LogP contribution in [-0.2, 0) is 0 Å². The lowest BCUT2D eigenvalue weighted by atomic mass is 10.0. The zero-order chi connectivity index (χ0) is 14.8. The third kappa shape index (κ3) is 2.67. The Kier molecular flexibility index (Phi) is 3.70. The maximum absolute atomic E-state index is 13.4. The van der Waals surface area contributed by atoms with Crippen LogP contribution < -0.4 is 5.32 Å². The Morgan fingerprint density at radius 1 is 1.48 bits per heavy atom. The monoisotopic (exact) mass is 288 g/mol. The molecule has 1 unspecified atom stereocenters. The predicted molar refractivity (Wildman–Crippen MR) is 76.4 cm³/mol. The normalized spacial score (nSPS) is 18.8. The van der Waals surface area contributed by atoms with Gasteiger partial charge in [-0.15, -0.1) is 0 Å². The Bertz CT molecular complexity index is 655. The molecule has 2 N–H and O–H groups in total. The molecule has 1 atom stereocenters. The summed E-state index contributed by atoms with van der Waals surface area (Å²) in [4.78, 5) is 14.5. The van der Waals surface area contributed by atoms with Crippen molar-refractivity contribution in [1.29, 1.82) is 0 Å². The SMILES string of the molecule is Cc1[nH]ncc1C(=O)N1CCNCC1c1cccc(F)c1. The number of hydrogen-bond donors (Lipinski definition) is 2. The summed E-state index contributed by atoms with van der Waals surface area (Å²) in [6, 6.07) is 6.25. The van der Waals surface area contributed by atoms with Crippen molar-refractivity contribution in [3.63, 3.8) is 0 Å². The van der Waals surface area contributed by atoms with Gasteiger partial charge in [-0.2, -0.15) is 5.10 Å². The molecule has 5 nitrogen and oxygen atoms in total. The van der Waals surface area contributed by atoms with E-state index in [9.17, 15) is 9.18 Å². The number of rotatable bonds is 2. The fraction of sp³-hybridized carbons (Fsp3) is 0.333. The molecule has 6 heteroatoms. The highest BCUT2D eigenvalue weighted by atomic mass is 19.1. The first-order valence-electron chi connectivity index (χ1n) is 6.94. The van der Waals surface area contributed by atoms with Gasteiger partial charge < -0.3 is 10.2 Å². The van der Waals surface area contributed by atoms with Crippen molar-refractivity contribution in [1.82, 2.24) is 20.4 Å². The van der Waals surface area contributed by atoms with Gasteiger partial charge in [0, 0.05) is 25.3 Å². The molecule has 3 rings (SSSR count). The van der Waals surface area contributed by atoms with Crippen molar-refractivity contribution < 1.29 is 9.18 Å². The zero-order valence-electron chi connectivity index (χ0n) is 11.8. The highest BCUT2D eigenvalue weighted by Gasteiger charge is 2.30. The number of nitrogens with zero attached hydrogens (tertiary/aromatic N) is 2. The average molecular weight is 288 g/mol. The third-order valence-electron chi connectivity index (χ3n) is 3.80. The van der Waals surface area contributed by atoms with Crippen LogP contribution in [0.2, 0.25) is 0 Å². The number of piperazine rings is 1. The number of carbonyl (C=O) groups excluding carboxylic acids is 1. The van der Waals surface area contributed by atoms with Crippen LogP contribution in [0.25, 0.3) is 0 Å². The van der Waals surface area contributed by atoms with E-state index in [1.807, 2.05) is 13.0 Å². The molecule has 1 aliphatic heterocycles. The van der Waals surface area contributed by atoms with E-state index in [4.69, 9.17) is 0 Å². The van der Waals surface area contributed by atoms with Crippen molar-refractivity contribution in [3.8, 4) is 0 Å². The molecule has 110 valence electrons. The molecule has 1 fully saturated rings. The number of aromatic nitrogens is 2. The second kappa shape index (κ2) is 5.65. The molecule has 2 aromatic rings. The van der Waals surface area contributed by atoms with Crippen molar-refractivity contribution >= 4 is 5.91 Å². The number of amides is 1. The minimum Gasteiger partial charge on any atom is -0.329 e. The fourth-order valence-corrected chi connectivity index (χ4v) is 2.68. The van der Waals surface area contributed by atoms with Crippen molar-refractivity contribution in [3.05, 3.63) is 53.1 Å². The topological polar surface area (TPSA) is 61.0 Å². The Hall–Kier alpha value is -2.21. The number of aromatic amines is 1. The lowest BCUT2D eigenvalue weighted by Gasteiger charge is -2.36. The van der Waals surface area contributed by atoms with E-state index in [0.29, 0.717) is 18.7 Å². The van der Waals surface area contributed by atoms with Crippen LogP contribution in [0.1, 0.15) is 27.7 Å². The molecule has 0 radical (unpaired) electrons. The van der Waals surface area contributed by atoms with Gasteiger partial charge in [0.25, 0.3) is 5.91 Å². The van der Waals surface area contributed by atoms with Gasteiger partial charge in [0.1, 0.15) is 5.82 Å². The first kappa shape index (κ1) is 13.8. The smallest absolute Gasteiger partial charge is 0.257 e. The maximum Gasteiger partial charge on any atom is 0.257 e. The van der Waals surface area contributed by atoms with Crippen LogP contribution in [-0.4, -0.2) is 40.6 Å². The van der Waals surface area contributed by atoms with Gasteiger partial charge in [-0.05, 0) is 24.6 Å². The molecule has 2 heterocycles. The molecule has 0 aliphatic carbocycles. The van der Waals surface area contributed by atoms with Gasteiger partial charge in [0.05, 0.1) is 17.8 Å². The summed E-state index contributed by atoms with van der Waals surface area (Å²) in [5.41, 5.74) is 2.12. The molecule has 0 spiro atoms. The second-order valence-electron chi connectivity index (χ2n) is 5.18. The number of halogens is 1. The Balaban J connectivity index is 1.92. The number of carbonyl (C=O) groups is 1. The molecule has 0 saturated carbocycles. The van der Waals surface area contributed by atoms with Crippen molar-refractivity contribution in [2.45, 2.75) is 13.0 Å². The van der Waals surface area contributed by atoms with Gasteiger partial charge in [0.15, 0.2) is 0 Å². The van der Waals surface area contributed by atoms with E-state index in [1.54, 1.807) is 17.2 Å². The minimum absolute atomic E-state index is 0.0722. The highest BCUT2D eigenvalue weighted by molar-refractivity contribution is 5.95. The number of benzene rings is 1. The van der Waals surface area contributed by atoms with Crippen LogP contribution in [0.3, 0.4) is 0 Å². The molecule has 1 aromatic heterocycles. The summed E-state index contributed by atoms with van der Waals surface area (Å²) in [5.74, 6) is -0.359. The predicted octanol–water partition coefficient (Wildman–Crippen LogP) is 1.64. The third-order valence-corrected chi connectivity index (χ3v) is 3.80. The van der Waals surface area contributed by atoms with E-state index in [-0.39, 0.29) is 17.8 Å². The molecule has 1 saturated heterocycles. The maximum atomic E-state index is 13.4. The van der Waals surface area contributed by atoms with Crippen LogP contribution in [0.4, 0.5) is 4.39 Å². The lowest BCUT2D eigenvalue weighted by Crippen LogP contribution is -2.48. The number of hydrogen-bond acceptors (Lipinski definition) is 3. The summed E-state index contributed by atoms with van der Waals surface area (Å²) >= 11 is 0. The lowest BCUT2D eigenvalue weighted by molar-refractivity contribution is 0.0633. The van der Waals surface area contributed by atoms with E-state index >= 15 is 0 Å². The highest BCUT2D eigenvalue weighted by Crippen LogP contribution is 2.25. The van der Waals surface area contributed by atoms with E-state index in [2.05, 4.69) is 15.5 Å². The van der Waals surface area contributed by atoms with E-state index in [0.717, 1.165) is 17.8 Å². The van der Waals surface area contributed by atoms with Gasteiger partial charge in [-0.1, -0.05) is 12.1 Å². The first-order chi connectivity index (χ1) is 10.2. The van der Waals surface area contributed by atoms with Crippen LogP contribution >= 0.6 is 0 Å². The van der Waals surface area contributed by atoms with Gasteiger partial charge in [-0.3, -0.25) is 9.89 Å². The summed E-state index contributed by atoms with van der Waals surface area (Å²) in [5, 5.41) is 9.94.